The highest BCUT2D eigenvalue weighted by molar-refractivity contribution is 4.98. The maximum absolute atomic E-state index is 5.68. The maximum Gasteiger partial charge on any atom is 0.0120 e. The van der Waals surface area contributed by atoms with Crippen LogP contribution in [0.4, 0.5) is 0 Å². The first kappa shape index (κ1) is 6.05. The highest BCUT2D eigenvalue weighted by Gasteiger charge is 2.39. The molecule has 0 atom stereocenters. The van der Waals surface area contributed by atoms with Crippen molar-refractivity contribution in [2.75, 3.05) is 0 Å². The largest absolute Gasteiger partial charge is 0.327 e. The van der Waals surface area contributed by atoms with Crippen molar-refractivity contribution in [3.8, 4) is 0 Å². The lowest BCUT2D eigenvalue weighted by Crippen LogP contribution is -2.61. The van der Waals surface area contributed by atoms with Gasteiger partial charge in [-0.05, 0) is 11.8 Å². The van der Waals surface area contributed by atoms with Crippen LogP contribution in [0.25, 0.3) is 0 Å². The Bertz CT molecular complexity index is 60.5. The van der Waals surface area contributed by atoms with E-state index in [0.717, 1.165) is 0 Å². The van der Waals surface area contributed by atoms with Crippen LogP contribution >= 0.6 is 0 Å². The third-order valence-corrected chi connectivity index (χ3v) is 2.43. The summed E-state index contributed by atoms with van der Waals surface area (Å²) in [7, 11) is 0. The molecule has 0 aliphatic heterocycles. The van der Waals surface area contributed by atoms with Crippen molar-refractivity contribution in [2.45, 2.75) is 25.9 Å². The zero-order chi connectivity index (χ0) is 6.31. The molecular formula is C6H14N2. The second kappa shape index (κ2) is 1.71. The molecule has 2 heteroatoms. The summed E-state index contributed by atoms with van der Waals surface area (Å²) in [6.45, 7) is 4.21. The van der Waals surface area contributed by atoms with Gasteiger partial charge in [0.15, 0.2) is 0 Å². The van der Waals surface area contributed by atoms with Crippen LogP contribution in [0.3, 0.4) is 0 Å². The molecule has 1 rings (SSSR count). The van der Waals surface area contributed by atoms with E-state index in [1.54, 1.807) is 0 Å². The molecule has 1 aliphatic carbocycles. The molecule has 0 bridgehead atoms. The molecule has 48 valence electrons. The fraction of sp³-hybridized carbons (Fsp3) is 1.00. The Morgan fingerprint density at radius 2 is 1.12 bits per heavy atom. The van der Waals surface area contributed by atoms with Crippen molar-refractivity contribution >= 4 is 0 Å². The monoisotopic (exact) mass is 114 g/mol. The summed E-state index contributed by atoms with van der Waals surface area (Å²) in [4.78, 5) is 0. The normalized spacial score (nSPS) is 55.5. The van der Waals surface area contributed by atoms with Crippen LogP contribution in [0.5, 0.6) is 0 Å². The number of hydrogen-bond donors (Lipinski definition) is 2. The van der Waals surface area contributed by atoms with Gasteiger partial charge in [-0.2, -0.15) is 0 Å². The van der Waals surface area contributed by atoms with Crippen molar-refractivity contribution in [3.63, 3.8) is 0 Å². The van der Waals surface area contributed by atoms with E-state index < -0.39 is 0 Å². The van der Waals surface area contributed by atoms with Gasteiger partial charge in [-0.15, -0.1) is 0 Å². The molecular weight excluding hydrogens is 100 g/mol. The zero-order valence-electron chi connectivity index (χ0n) is 5.46. The Kier molecular flexibility index (Phi) is 1.29. The molecule has 0 unspecified atom stereocenters. The van der Waals surface area contributed by atoms with E-state index in [1.165, 1.54) is 0 Å². The van der Waals surface area contributed by atoms with Crippen molar-refractivity contribution in [1.82, 2.24) is 0 Å². The van der Waals surface area contributed by atoms with Crippen LogP contribution in [-0.4, -0.2) is 12.1 Å². The van der Waals surface area contributed by atoms with Crippen LogP contribution in [0.2, 0.25) is 0 Å². The third kappa shape index (κ3) is 0.565. The molecule has 1 fully saturated rings. The molecule has 0 aromatic rings. The number of rotatable bonds is 0. The van der Waals surface area contributed by atoms with Gasteiger partial charge in [-0.25, -0.2) is 0 Å². The van der Waals surface area contributed by atoms with Crippen LogP contribution in [0, 0.1) is 11.8 Å². The first-order valence-electron chi connectivity index (χ1n) is 3.15. The molecule has 2 nitrogen and oxygen atoms in total. The van der Waals surface area contributed by atoms with Gasteiger partial charge >= 0.3 is 0 Å². The van der Waals surface area contributed by atoms with Gasteiger partial charge < -0.3 is 11.5 Å². The zero-order valence-corrected chi connectivity index (χ0v) is 5.46. The van der Waals surface area contributed by atoms with Crippen LogP contribution in [0.1, 0.15) is 13.8 Å². The van der Waals surface area contributed by atoms with Gasteiger partial charge in [0, 0.05) is 12.1 Å². The molecule has 4 N–H and O–H groups in total. The van der Waals surface area contributed by atoms with E-state index in [-0.39, 0.29) is 0 Å². The topological polar surface area (TPSA) is 52.0 Å². The lowest BCUT2D eigenvalue weighted by atomic mass is 9.68. The summed E-state index contributed by atoms with van der Waals surface area (Å²) in [6.07, 6.45) is 0. The molecule has 0 amide bonds. The quantitative estimate of drug-likeness (QED) is 0.463. The van der Waals surface area contributed by atoms with E-state index >= 15 is 0 Å². The number of nitrogens with two attached hydrogens (primary N) is 2. The van der Waals surface area contributed by atoms with Crippen LogP contribution in [-0.2, 0) is 0 Å². The molecule has 0 spiro atoms. The first-order chi connectivity index (χ1) is 3.64. The Labute approximate surface area is 50.2 Å². The van der Waals surface area contributed by atoms with Crippen LogP contribution < -0.4 is 11.5 Å². The highest BCUT2D eigenvalue weighted by atomic mass is 14.8. The summed E-state index contributed by atoms with van der Waals surface area (Å²) in [5, 5.41) is 0. The lowest BCUT2D eigenvalue weighted by molar-refractivity contribution is 0.134. The minimum atomic E-state index is 0.352. The predicted octanol–water partition coefficient (Wildman–Crippen LogP) is -0.0732. The van der Waals surface area contributed by atoms with E-state index in [0.29, 0.717) is 23.9 Å². The minimum absolute atomic E-state index is 0.352. The average molecular weight is 114 g/mol. The summed E-state index contributed by atoms with van der Waals surface area (Å²) < 4.78 is 0. The smallest absolute Gasteiger partial charge is 0.0120 e. The summed E-state index contributed by atoms with van der Waals surface area (Å²) in [5.41, 5.74) is 11.4. The van der Waals surface area contributed by atoms with Crippen LogP contribution in [0.15, 0.2) is 0 Å². The molecule has 0 heterocycles. The van der Waals surface area contributed by atoms with Crippen molar-refractivity contribution < 1.29 is 0 Å². The van der Waals surface area contributed by atoms with Crippen molar-refractivity contribution in [1.29, 1.82) is 0 Å². The Balaban J connectivity index is 2.42. The maximum atomic E-state index is 5.68. The van der Waals surface area contributed by atoms with Crippen molar-refractivity contribution in [2.24, 2.45) is 23.3 Å². The molecule has 0 radical (unpaired) electrons. The molecule has 1 aliphatic rings. The fourth-order valence-corrected chi connectivity index (χ4v) is 1.33. The SMILES string of the molecule is CC1C(N)C(C)C1N. The second-order valence-corrected chi connectivity index (χ2v) is 2.87. The molecule has 0 aromatic heterocycles. The van der Waals surface area contributed by atoms with E-state index in [4.69, 9.17) is 11.5 Å². The Morgan fingerprint density at radius 1 is 0.875 bits per heavy atom. The van der Waals surface area contributed by atoms with Gasteiger partial charge in [0.05, 0.1) is 0 Å². The van der Waals surface area contributed by atoms with E-state index in [9.17, 15) is 0 Å². The van der Waals surface area contributed by atoms with Gasteiger partial charge in [0.2, 0.25) is 0 Å². The standard InChI is InChI=1S/C6H14N2/c1-3-5(7)4(2)6(3)8/h3-6H,7-8H2,1-2H3. The predicted molar refractivity (Wildman–Crippen MR) is 34.3 cm³/mol. The summed E-state index contributed by atoms with van der Waals surface area (Å²) in [6, 6.07) is 0.704. The summed E-state index contributed by atoms with van der Waals surface area (Å²) >= 11 is 0. The fourth-order valence-electron chi connectivity index (χ4n) is 1.33. The van der Waals surface area contributed by atoms with Gasteiger partial charge in [-0.3, -0.25) is 0 Å². The molecule has 0 aromatic carbocycles. The Hall–Kier alpha value is -0.0800. The van der Waals surface area contributed by atoms with E-state index in [2.05, 4.69) is 13.8 Å². The first-order valence-corrected chi connectivity index (χ1v) is 3.15. The van der Waals surface area contributed by atoms with Gasteiger partial charge in [0.1, 0.15) is 0 Å². The van der Waals surface area contributed by atoms with Crippen molar-refractivity contribution in [3.05, 3.63) is 0 Å². The van der Waals surface area contributed by atoms with Gasteiger partial charge in [0.25, 0.3) is 0 Å². The van der Waals surface area contributed by atoms with E-state index in [1.807, 2.05) is 0 Å². The summed E-state index contributed by atoms with van der Waals surface area (Å²) in [5.74, 6) is 1.06. The molecule has 0 saturated heterocycles. The Morgan fingerprint density at radius 3 is 1.25 bits per heavy atom. The number of hydrogen-bond acceptors (Lipinski definition) is 2. The minimum Gasteiger partial charge on any atom is -0.327 e. The average Bonchev–Trinajstić information content (AvgIpc) is 1.83. The third-order valence-electron chi connectivity index (χ3n) is 2.43. The second-order valence-electron chi connectivity index (χ2n) is 2.87. The lowest BCUT2D eigenvalue weighted by Gasteiger charge is -2.44. The highest BCUT2D eigenvalue weighted by Crippen LogP contribution is 2.29. The molecule has 8 heavy (non-hydrogen) atoms. The van der Waals surface area contributed by atoms with Gasteiger partial charge in [-0.1, -0.05) is 13.8 Å². The molecule has 1 saturated carbocycles.